The first-order valence-corrected chi connectivity index (χ1v) is 9.29. The number of fused-ring (bicyclic) bond motifs is 1. The predicted octanol–water partition coefficient (Wildman–Crippen LogP) is 4.75. The zero-order valence-electron chi connectivity index (χ0n) is 13.0. The quantitative estimate of drug-likeness (QED) is 0.495. The van der Waals surface area contributed by atoms with Gasteiger partial charge in [0.05, 0.1) is 16.0 Å². The van der Waals surface area contributed by atoms with E-state index in [0.29, 0.717) is 11.5 Å². The van der Waals surface area contributed by atoms with Gasteiger partial charge >= 0.3 is 5.97 Å². The van der Waals surface area contributed by atoms with Crippen molar-refractivity contribution in [2.24, 2.45) is 0 Å². The number of benzene rings is 2. The van der Waals surface area contributed by atoms with E-state index in [1.807, 2.05) is 50.2 Å². The fourth-order valence-corrected chi connectivity index (χ4v) is 4.08. The Bertz CT molecular complexity index is 809. The zero-order chi connectivity index (χ0) is 16.2. The Kier molecular flexibility index (Phi) is 4.98. The highest BCUT2D eigenvalue weighted by Gasteiger charge is 2.09. The van der Waals surface area contributed by atoms with Crippen LogP contribution in [-0.4, -0.2) is 16.7 Å². The van der Waals surface area contributed by atoms with Crippen molar-refractivity contribution < 1.29 is 9.53 Å². The van der Waals surface area contributed by atoms with Gasteiger partial charge in [0.15, 0.2) is 0 Å². The number of carbonyl (C=O) groups excluding carboxylic acids is 1. The molecule has 0 fully saturated rings. The Morgan fingerprint density at radius 2 is 2.04 bits per heavy atom. The first kappa shape index (κ1) is 16.0. The molecule has 0 atom stereocenters. The number of ether oxygens (including phenoxy) is 1. The Morgan fingerprint density at radius 1 is 1.22 bits per heavy atom. The molecule has 0 N–H and O–H groups in total. The van der Waals surface area contributed by atoms with Crippen LogP contribution in [0.15, 0.2) is 42.5 Å². The standard InChI is InChI=1S/C18H17NO2S2/c1-12-7-8-15(13(2)9-12)21-18(20)11-22-10-17-19-14-5-3-4-6-16(14)23-17/h3-9H,10-11H2,1-2H3. The van der Waals surface area contributed by atoms with Crippen LogP contribution in [0.1, 0.15) is 16.1 Å². The van der Waals surface area contributed by atoms with Gasteiger partial charge in [-0.25, -0.2) is 4.98 Å². The molecule has 0 amide bonds. The molecular formula is C18H17NO2S2. The molecule has 0 aliphatic rings. The topological polar surface area (TPSA) is 39.2 Å². The lowest BCUT2D eigenvalue weighted by molar-refractivity contribution is -0.131. The van der Waals surface area contributed by atoms with E-state index >= 15 is 0 Å². The van der Waals surface area contributed by atoms with Crippen LogP contribution in [0.25, 0.3) is 10.2 Å². The molecule has 0 saturated heterocycles. The molecule has 5 heteroatoms. The number of hydrogen-bond donors (Lipinski definition) is 0. The highest BCUT2D eigenvalue weighted by molar-refractivity contribution is 7.99. The summed E-state index contributed by atoms with van der Waals surface area (Å²) < 4.78 is 6.60. The van der Waals surface area contributed by atoms with Gasteiger partial charge in [0.25, 0.3) is 0 Å². The number of esters is 1. The summed E-state index contributed by atoms with van der Waals surface area (Å²) in [5.41, 5.74) is 3.16. The van der Waals surface area contributed by atoms with Gasteiger partial charge < -0.3 is 4.74 Å². The molecule has 0 aliphatic heterocycles. The van der Waals surface area contributed by atoms with Gasteiger partial charge in [-0.15, -0.1) is 23.1 Å². The van der Waals surface area contributed by atoms with Gasteiger partial charge in [-0.2, -0.15) is 0 Å². The van der Waals surface area contributed by atoms with Gasteiger partial charge in [0.2, 0.25) is 0 Å². The molecule has 0 spiro atoms. The van der Waals surface area contributed by atoms with E-state index in [4.69, 9.17) is 4.74 Å². The van der Waals surface area contributed by atoms with Crippen LogP contribution in [0.4, 0.5) is 0 Å². The number of aromatic nitrogens is 1. The van der Waals surface area contributed by atoms with E-state index in [1.165, 1.54) is 16.5 Å². The van der Waals surface area contributed by atoms with Crippen LogP contribution in [0.2, 0.25) is 0 Å². The number of rotatable bonds is 5. The molecule has 23 heavy (non-hydrogen) atoms. The summed E-state index contributed by atoms with van der Waals surface area (Å²) in [5.74, 6) is 1.47. The van der Waals surface area contributed by atoms with Gasteiger partial charge in [-0.3, -0.25) is 4.79 Å². The maximum Gasteiger partial charge on any atom is 0.321 e. The number of para-hydroxylation sites is 1. The first-order valence-electron chi connectivity index (χ1n) is 7.32. The number of aryl methyl sites for hydroxylation is 2. The average molecular weight is 343 g/mol. The van der Waals surface area contributed by atoms with Crippen LogP contribution in [0.5, 0.6) is 5.75 Å². The molecule has 1 heterocycles. The van der Waals surface area contributed by atoms with Gasteiger partial charge in [-0.1, -0.05) is 29.8 Å². The van der Waals surface area contributed by atoms with Crippen LogP contribution in [0, 0.1) is 13.8 Å². The Hall–Kier alpha value is -1.85. The Morgan fingerprint density at radius 3 is 2.83 bits per heavy atom. The first-order chi connectivity index (χ1) is 11.1. The fraction of sp³-hybridized carbons (Fsp3) is 0.222. The van der Waals surface area contributed by atoms with Crippen LogP contribution >= 0.6 is 23.1 Å². The van der Waals surface area contributed by atoms with Crippen molar-refractivity contribution in [2.75, 3.05) is 5.75 Å². The van der Waals surface area contributed by atoms with E-state index in [1.54, 1.807) is 11.3 Å². The Labute approximate surface area is 143 Å². The summed E-state index contributed by atoms with van der Waals surface area (Å²) in [7, 11) is 0. The number of thioether (sulfide) groups is 1. The molecule has 118 valence electrons. The zero-order valence-corrected chi connectivity index (χ0v) is 14.7. The third kappa shape index (κ3) is 4.12. The van der Waals surface area contributed by atoms with Crippen LogP contribution in [-0.2, 0) is 10.5 Å². The minimum atomic E-state index is -0.219. The number of carbonyl (C=O) groups is 1. The minimum Gasteiger partial charge on any atom is -0.426 e. The highest BCUT2D eigenvalue weighted by atomic mass is 32.2. The van der Waals surface area contributed by atoms with Crippen molar-refractivity contribution in [1.29, 1.82) is 0 Å². The second kappa shape index (κ2) is 7.15. The van der Waals surface area contributed by atoms with E-state index < -0.39 is 0 Å². The molecule has 0 saturated carbocycles. The smallest absolute Gasteiger partial charge is 0.321 e. The molecule has 0 bridgehead atoms. The monoisotopic (exact) mass is 343 g/mol. The summed E-state index contributed by atoms with van der Waals surface area (Å²) >= 11 is 3.20. The van der Waals surface area contributed by atoms with Crippen molar-refractivity contribution in [3.8, 4) is 5.75 Å². The maximum absolute atomic E-state index is 12.0. The summed E-state index contributed by atoms with van der Waals surface area (Å²) in [4.78, 5) is 16.5. The normalized spacial score (nSPS) is 10.9. The van der Waals surface area contributed by atoms with Crippen molar-refractivity contribution in [3.63, 3.8) is 0 Å². The summed E-state index contributed by atoms with van der Waals surface area (Å²) in [5, 5.41) is 1.04. The summed E-state index contributed by atoms with van der Waals surface area (Å²) in [6.07, 6.45) is 0. The van der Waals surface area contributed by atoms with E-state index in [-0.39, 0.29) is 5.97 Å². The molecule has 0 radical (unpaired) electrons. The number of thiazole rings is 1. The van der Waals surface area contributed by atoms with Gasteiger partial charge in [-0.05, 0) is 37.6 Å². The number of nitrogens with zero attached hydrogens (tertiary/aromatic N) is 1. The lowest BCUT2D eigenvalue weighted by Gasteiger charge is -2.07. The molecule has 2 aromatic carbocycles. The molecule has 3 rings (SSSR count). The van der Waals surface area contributed by atoms with Crippen LogP contribution in [0.3, 0.4) is 0 Å². The summed E-state index contributed by atoms with van der Waals surface area (Å²) in [6.45, 7) is 3.97. The van der Waals surface area contributed by atoms with E-state index in [2.05, 4.69) is 11.1 Å². The largest absolute Gasteiger partial charge is 0.426 e. The molecule has 1 aromatic heterocycles. The molecule has 3 nitrogen and oxygen atoms in total. The molecule has 0 unspecified atom stereocenters. The van der Waals surface area contributed by atoms with Crippen molar-refractivity contribution in [1.82, 2.24) is 4.98 Å². The second-order valence-electron chi connectivity index (χ2n) is 5.31. The summed E-state index contributed by atoms with van der Waals surface area (Å²) in [6, 6.07) is 13.9. The van der Waals surface area contributed by atoms with Crippen molar-refractivity contribution in [2.45, 2.75) is 19.6 Å². The average Bonchev–Trinajstić information content (AvgIpc) is 2.93. The molecular weight excluding hydrogens is 326 g/mol. The van der Waals surface area contributed by atoms with Crippen LogP contribution < -0.4 is 4.74 Å². The third-order valence-corrected chi connectivity index (χ3v) is 5.47. The lowest BCUT2D eigenvalue weighted by Crippen LogP contribution is -2.11. The predicted molar refractivity (Wildman–Crippen MR) is 97.3 cm³/mol. The second-order valence-corrected chi connectivity index (χ2v) is 7.41. The molecule has 3 aromatic rings. The minimum absolute atomic E-state index is 0.219. The van der Waals surface area contributed by atoms with Crippen molar-refractivity contribution >= 4 is 39.3 Å². The number of hydrogen-bond acceptors (Lipinski definition) is 5. The van der Waals surface area contributed by atoms with E-state index in [0.717, 1.165) is 27.4 Å². The van der Waals surface area contributed by atoms with Crippen molar-refractivity contribution in [3.05, 3.63) is 58.6 Å². The SMILES string of the molecule is Cc1ccc(OC(=O)CSCc2nc3ccccc3s2)c(C)c1. The lowest BCUT2D eigenvalue weighted by atomic mass is 10.1. The third-order valence-electron chi connectivity index (χ3n) is 3.34. The molecule has 0 aliphatic carbocycles. The highest BCUT2D eigenvalue weighted by Crippen LogP contribution is 2.25. The Balaban J connectivity index is 1.52. The van der Waals surface area contributed by atoms with E-state index in [9.17, 15) is 4.79 Å². The van der Waals surface area contributed by atoms with Gasteiger partial charge in [0.1, 0.15) is 10.8 Å². The fourth-order valence-electron chi connectivity index (χ4n) is 2.27. The van der Waals surface area contributed by atoms with Gasteiger partial charge in [0, 0.05) is 5.75 Å². The maximum atomic E-state index is 12.0.